The van der Waals surface area contributed by atoms with Crippen LogP contribution in [0.1, 0.15) is 59.8 Å². The van der Waals surface area contributed by atoms with E-state index in [1.165, 1.54) is 6.92 Å². The molecule has 4 aliphatic carbocycles. The molecule has 4 rings (SSSR count). The van der Waals surface area contributed by atoms with Crippen molar-refractivity contribution in [1.82, 2.24) is 0 Å². The Labute approximate surface area is 199 Å². The van der Waals surface area contributed by atoms with Gasteiger partial charge >= 0.3 is 12.1 Å². The van der Waals surface area contributed by atoms with Gasteiger partial charge in [-0.05, 0) is 63.0 Å². The van der Waals surface area contributed by atoms with Gasteiger partial charge in [0.1, 0.15) is 0 Å². The molecule has 3 fully saturated rings. The van der Waals surface area contributed by atoms with E-state index in [2.05, 4.69) is 6.92 Å². The number of ketones is 2. The highest BCUT2D eigenvalue weighted by Gasteiger charge is 2.70. The summed E-state index contributed by atoms with van der Waals surface area (Å²) in [6, 6.07) is 0. The van der Waals surface area contributed by atoms with Gasteiger partial charge < -0.3 is 19.3 Å². The van der Waals surface area contributed by atoms with Crippen LogP contribution >= 0.6 is 0 Å². The average molecular weight is 475 g/mol. The van der Waals surface area contributed by atoms with Crippen LogP contribution < -0.4 is 0 Å². The zero-order valence-corrected chi connectivity index (χ0v) is 20.3. The molecule has 34 heavy (non-hydrogen) atoms. The number of ether oxygens (including phenoxy) is 3. The van der Waals surface area contributed by atoms with E-state index >= 15 is 0 Å². The number of esters is 1. The van der Waals surface area contributed by atoms with Gasteiger partial charge in [-0.1, -0.05) is 25.5 Å². The molecule has 3 saturated carbocycles. The number of fused-ring (bicyclic) bond motifs is 5. The molecule has 0 aromatic rings. The predicted octanol–water partition coefficient (Wildman–Crippen LogP) is 3.31. The van der Waals surface area contributed by atoms with Crippen molar-refractivity contribution >= 4 is 23.7 Å². The van der Waals surface area contributed by atoms with Crippen molar-refractivity contribution in [1.29, 1.82) is 0 Å². The Balaban J connectivity index is 1.72. The van der Waals surface area contributed by atoms with Gasteiger partial charge in [0.05, 0.1) is 12.7 Å². The molecule has 0 saturated heterocycles. The SMILES string of the molecule is CCOC(=O)O[C@]1(C(=O)COC(C)=O)CC[C@H]2[C@@H]3CCC4=CC(=O)C=C[C@]4(C)C3[C@@H](O)C[C@@]21C. The Bertz CT molecular complexity index is 966. The number of carbonyl (C=O) groups is 4. The van der Waals surface area contributed by atoms with Crippen molar-refractivity contribution in [2.24, 2.45) is 28.6 Å². The number of allylic oxidation sites excluding steroid dienone is 4. The second-order valence-electron chi connectivity index (χ2n) is 10.6. The molecule has 8 nitrogen and oxygen atoms in total. The standard InChI is InChI=1S/C26H34O8/c1-5-32-23(31)34-26(21(30)14-33-15(2)27)11-9-19-18-7-6-16-12-17(28)8-10-24(16,3)22(18)20(29)13-25(19,26)4/h8,10,12,18-20,22,29H,5-7,9,11,13-14H2,1-4H3/t18-,19-,20-,22?,24-,25-,26-/m0/s1. The molecule has 0 aliphatic heterocycles. The van der Waals surface area contributed by atoms with Crippen LogP contribution in [0.4, 0.5) is 4.79 Å². The maximum atomic E-state index is 13.5. The molecule has 0 aromatic heterocycles. The highest BCUT2D eigenvalue weighted by molar-refractivity contribution is 6.01. The third-order valence-corrected chi connectivity index (χ3v) is 8.99. The second-order valence-corrected chi connectivity index (χ2v) is 10.6. The Kier molecular flexibility index (Phi) is 6.25. The number of carbonyl (C=O) groups excluding carboxylic acids is 4. The van der Waals surface area contributed by atoms with E-state index in [9.17, 15) is 24.3 Å². The van der Waals surface area contributed by atoms with Crippen LogP contribution in [0, 0.1) is 28.6 Å². The zero-order chi connectivity index (χ0) is 24.9. The lowest BCUT2D eigenvalue weighted by molar-refractivity contribution is -0.185. The fraction of sp³-hybridized carbons (Fsp3) is 0.692. The summed E-state index contributed by atoms with van der Waals surface area (Å²) in [6.07, 6.45) is 6.16. The van der Waals surface area contributed by atoms with Crippen molar-refractivity contribution in [3.05, 3.63) is 23.8 Å². The van der Waals surface area contributed by atoms with E-state index in [-0.39, 0.29) is 43.0 Å². The molecule has 0 bridgehead atoms. The molecular weight excluding hydrogens is 440 g/mol. The minimum absolute atomic E-state index is 0.000933. The zero-order valence-electron chi connectivity index (χ0n) is 20.3. The van der Waals surface area contributed by atoms with Gasteiger partial charge in [-0.3, -0.25) is 14.4 Å². The molecule has 8 heteroatoms. The fourth-order valence-electron chi connectivity index (χ4n) is 7.57. The maximum absolute atomic E-state index is 13.5. The first-order chi connectivity index (χ1) is 16.0. The van der Waals surface area contributed by atoms with Gasteiger partial charge in [0.15, 0.2) is 18.0 Å². The lowest BCUT2D eigenvalue weighted by Gasteiger charge is -2.59. The van der Waals surface area contributed by atoms with E-state index in [1.54, 1.807) is 19.1 Å². The quantitative estimate of drug-likeness (QED) is 0.604. The maximum Gasteiger partial charge on any atom is 0.509 e. The van der Waals surface area contributed by atoms with Gasteiger partial charge in [-0.2, -0.15) is 0 Å². The molecule has 4 aliphatic rings. The first-order valence-corrected chi connectivity index (χ1v) is 12.1. The molecule has 7 atom stereocenters. The number of aliphatic hydroxyl groups is 1. The van der Waals surface area contributed by atoms with Crippen molar-refractivity contribution in [3.8, 4) is 0 Å². The summed E-state index contributed by atoms with van der Waals surface area (Å²) in [5, 5.41) is 11.5. The molecule has 1 unspecified atom stereocenters. The number of rotatable bonds is 5. The van der Waals surface area contributed by atoms with Crippen molar-refractivity contribution in [3.63, 3.8) is 0 Å². The smallest absolute Gasteiger partial charge is 0.458 e. The van der Waals surface area contributed by atoms with Crippen molar-refractivity contribution < 1.29 is 38.5 Å². The molecule has 1 N–H and O–H groups in total. The molecule has 0 aromatic carbocycles. The number of hydrogen-bond donors (Lipinski definition) is 1. The Hall–Kier alpha value is -2.48. The van der Waals surface area contributed by atoms with Gasteiger partial charge in [0, 0.05) is 23.7 Å². The summed E-state index contributed by atoms with van der Waals surface area (Å²) in [5.74, 6) is -1.15. The topological polar surface area (TPSA) is 116 Å². The van der Waals surface area contributed by atoms with Gasteiger partial charge in [0.25, 0.3) is 0 Å². The van der Waals surface area contributed by atoms with Crippen molar-refractivity contribution in [2.45, 2.75) is 71.5 Å². The highest BCUT2D eigenvalue weighted by atomic mass is 16.7. The first kappa shape index (κ1) is 24.6. The number of hydrogen-bond acceptors (Lipinski definition) is 8. The summed E-state index contributed by atoms with van der Waals surface area (Å²) < 4.78 is 15.8. The van der Waals surface area contributed by atoms with E-state index in [0.29, 0.717) is 6.42 Å². The van der Waals surface area contributed by atoms with Crippen LogP contribution in [0.15, 0.2) is 23.8 Å². The summed E-state index contributed by atoms with van der Waals surface area (Å²) in [4.78, 5) is 49.4. The Morgan fingerprint density at radius 1 is 1.18 bits per heavy atom. The van der Waals surface area contributed by atoms with Crippen LogP contribution in [0.3, 0.4) is 0 Å². The van der Waals surface area contributed by atoms with E-state index < -0.39 is 47.0 Å². The van der Waals surface area contributed by atoms with E-state index in [0.717, 1.165) is 18.4 Å². The number of aliphatic hydroxyl groups excluding tert-OH is 1. The summed E-state index contributed by atoms with van der Waals surface area (Å²) >= 11 is 0. The molecule has 0 amide bonds. The first-order valence-electron chi connectivity index (χ1n) is 12.1. The second kappa shape index (κ2) is 8.63. The molecule has 186 valence electrons. The third kappa shape index (κ3) is 3.61. The molecular formula is C26H34O8. The van der Waals surface area contributed by atoms with Crippen LogP contribution in [-0.2, 0) is 28.6 Å². The lowest BCUT2D eigenvalue weighted by Crippen LogP contribution is -2.63. The molecule has 0 spiro atoms. The van der Waals surface area contributed by atoms with Gasteiger partial charge in [0.2, 0.25) is 5.78 Å². The van der Waals surface area contributed by atoms with E-state index in [1.807, 2.05) is 13.0 Å². The van der Waals surface area contributed by atoms with Gasteiger partial charge in [-0.15, -0.1) is 0 Å². The Morgan fingerprint density at radius 3 is 2.59 bits per heavy atom. The summed E-state index contributed by atoms with van der Waals surface area (Å²) in [5.41, 5.74) is -1.81. The minimum atomic E-state index is -1.55. The van der Waals surface area contributed by atoms with Crippen LogP contribution in [0.25, 0.3) is 0 Å². The number of Topliss-reactive ketones (excluding diaryl/α,β-unsaturated/α-hetero) is 1. The molecule has 0 radical (unpaired) electrons. The Morgan fingerprint density at radius 2 is 1.91 bits per heavy atom. The minimum Gasteiger partial charge on any atom is -0.458 e. The lowest BCUT2D eigenvalue weighted by atomic mass is 9.46. The van der Waals surface area contributed by atoms with Gasteiger partial charge in [-0.25, -0.2) is 4.79 Å². The fourth-order valence-corrected chi connectivity index (χ4v) is 7.57. The average Bonchev–Trinajstić information content (AvgIpc) is 3.04. The molecule has 0 heterocycles. The van der Waals surface area contributed by atoms with Crippen LogP contribution in [0.2, 0.25) is 0 Å². The predicted molar refractivity (Wildman–Crippen MR) is 120 cm³/mol. The normalized spacial score (nSPS) is 40.4. The van der Waals surface area contributed by atoms with Crippen LogP contribution in [-0.4, -0.2) is 53.7 Å². The largest absolute Gasteiger partial charge is 0.509 e. The van der Waals surface area contributed by atoms with Crippen LogP contribution in [0.5, 0.6) is 0 Å². The van der Waals surface area contributed by atoms with Crippen molar-refractivity contribution in [2.75, 3.05) is 13.2 Å². The summed E-state index contributed by atoms with van der Waals surface area (Å²) in [7, 11) is 0. The van der Waals surface area contributed by atoms with E-state index in [4.69, 9.17) is 14.2 Å². The summed E-state index contributed by atoms with van der Waals surface area (Å²) in [6.45, 7) is 6.45. The highest BCUT2D eigenvalue weighted by Crippen LogP contribution is 2.67. The third-order valence-electron chi connectivity index (χ3n) is 8.99. The monoisotopic (exact) mass is 474 g/mol.